The molecule has 63 heavy (non-hydrogen) atoms. The summed E-state index contributed by atoms with van der Waals surface area (Å²) in [5.41, 5.74) is 17.9. The highest BCUT2D eigenvalue weighted by Crippen LogP contribution is 2.72. The highest BCUT2D eigenvalue weighted by molar-refractivity contribution is 5.81. The summed E-state index contributed by atoms with van der Waals surface area (Å²) in [6.07, 6.45) is 22.2. The van der Waals surface area contributed by atoms with Crippen molar-refractivity contribution in [1.29, 1.82) is 0 Å². The maximum atomic E-state index is 2.60. The monoisotopic (exact) mass is 807 g/mol. The van der Waals surface area contributed by atoms with Crippen LogP contribution in [0.5, 0.6) is 0 Å². The first-order chi connectivity index (χ1) is 31.3. The summed E-state index contributed by atoms with van der Waals surface area (Å²) in [4.78, 5) is 2.60. The molecule has 0 heterocycles. The molecule has 5 aliphatic rings. The summed E-state index contributed by atoms with van der Waals surface area (Å²) < 4.78 is 0. The van der Waals surface area contributed by atoms with E-state index in [0.29, 0.717) is 5.92 Å². The quantitative estimate of drug-likeness (QED) is 0.148. The first-order valence-electron chi connectivity index (χ1n) is 22.7. The van der Waals surface area contributed by atoms with Crippen LogP contribution in [-0.4, -0.2) is 0 Å². The predicted molar refractivity (Wildman–Crippen MR) is 262 cm³/mol. The zero-order valence-corrected chi connectivity index (χ0v) is 35.4. The van der Waals surface area contributed by atoms with Crippen LogP contribution in [0.15, 0.2) is 260 Å². The van der Waals surface area contributed by atoms with E-state index >= 15 is 0 Å². The normalized spacial score (nSPS) is 23.9. The van der Waals surface area contributed by atoms with Crippen molar-refractivity contribution in [3.8, 4) is 11.1 Å². The molecule has 0 spiro atoms. The van der Waals surface area contributed by atoms with Crippen LogP contribution in [0.1, 0.15) is 52.6 Å². The summed E-state index contributed by atoms with van der Waals surface area (Å²) in [7, 11) is 0. The van der Waals surface area contributed by atoms with Gasteiger partial charge in [-0.05, 0) is 105 Å². The van der Waals surface area contributed by atoms with Crippen LogP contribution in [0.2, 0.25) is 0 Å². The number of fused-ring (bicyclic) bond motifs is 5. The Morgan fingerprint density at radius 2 is 1.03 bits per heavy atom. The smallest absolute Gasteiger partial charge is 0.0543 e. The topological polar surface area (TPSA) is 3.24 Å². The molecule has 0 N–H and O–H groups in total. The summed E-state index contributed by atoms with van der Waals surface area (Å²) in [6.45, 7) is 0. The first kappa shape index (κ1) is 37.5. The minimum atomic E-state index is -0.544. The van der Waals surface area contributed by atoms with Crippen molar-refractivity contribution < 1.29 is 0 Å². The lowest BCUT2D eigenvalue weighted by Gasteiger charge is -2.58. The first-order valence-corrected chi connectivity index (χ1v) is 22.7. The van der Waals surface area contributed by atoms with Gasteiger partial charge in [0, 0.05) is 34.6 Å². The Balaban J connectivity index is 1.14. The Bertz CT molecular complexity index is 3020. The molecule has 1 fully saturated rings. The lowest BCUT2D eigenvalue weighted by molar-refractivity contribution is 0.197. The van der Waals surface area contributed by atoms with Gasteiger partial charge in [0.25, 0.3) is 0 Å². The van der Waals surface area contributed by atoms with Crippen LogP contribution in [0.4, 0.5) is 11.4 Å². The minimum absolute atomic E-state index is 0.106. The maximum Gasteiger partial charge on any atom is 0.0543 e. The maximum absolute atomic E-state index is 2.60. The molecule has 3 unspecified atom stereocenters. The Labute approximate surface area is 372 Å². The van der Waals surface area contributed by atoms with Crippen LogP contribution in [0.25, 0.3) is 16.7 Å². The van der Waals surface area contributed by atoms with Crippen LogP contribution in [0, 0.1) is 17.8 Å². The molecule has 7 aromatic carbocycles. The number of anilines is 2. The number of hydrogen-bond donors (Lipinski definition) is 0. The molecule has 0 bridgehead atoms. The third-order valence-corrected chi connectivity index (χ3v) is 15.0. The molecule has 0 aromatic heterocycles. The summed E-state index contributed by atoms with van der Waals surface area (Å²) >= 11 is 0. The van der Waals surface area contributed by atoms with Crippen molar-refractivity contribution in [2.75, 3.05) is 4.90 Å². The van der Waals surface area contributed by atoms with Gasteiger partial charge < -0.3 is 4.90 Å². The fourth-order valence-corrected chi connectivity index (χ4v) is 12.6. The molecule has 5 aliphatic carbocycles. The highest BCUT2D eigenvalue weighted by Gasteiger charge is 2.67. The van der Waals surface area contributed by atoms with Gasteiger partial charge in [-0.3, -0.25) is 0 Å². The summed E-state index contributed by atoms with van der Waals surface area (Å²) in [6, 6.07) is 72.9. The van der Waals surface area contributed by atoms with E-state index in [0.717, 1.165) is 19.3 Å². The fraction of sp³-hybridized carbons (Fsp3) is 0.129. The van der Waals surface area contributed by atoms with Gasteiger partial charge in [0.15, 0.2) is 0 Å². The third-order valence-electron chi connectivity index (χ3n) is 15.0. The molecular formula is C62H49N. The summed E-state index contributed by atoms with van der Waals surface area (Å²) in [5.74, 6) is 0.634. The van der Waals surface area contributed by atoms with E-state index in [9.17, 15) is 0 Å². The number of hydrogen-bond acceptors (Lipinski definition) is 1. The Morgan fingerprint density at radius 3 is 1.73 bits per heavy atom. The van der Waals surface area contributed by atoms with E-state index < -0.39 is 5.41 Å². The van der Waals surface area contributed by atoms with Gasteiger partial charge in [0.2, 0.25) is 0 Å². The van der Waals surface area contributed by atoms with Gasteiger partial charge in [-0.1, -0.05) is 218 Å². The zero-order chi connectivity index (χ0) is 41.8. The number of nitrogens with zero attached hydrogens (tertiary/aromatic N) is 1. The van der Waals surface area contributed by atoms with Gasteiger partial charge in [-0.15, -0.1) is 0 Å². The molecule has 1 heteroatoms. The second kappa shape index (κ2) is 15.3. The van der Waals surface area contributed by atoms with E-state index in [1.165, 1.54) is 78.3 Å². The van der Waals surface area contributed by atoms with Crippen LogP contribution >= 0.6 is 0 Å². The van der Waals surface area contributed by atoms with Crippen molar-refractivity contribution >= 4 is 16.9 Å². The molecule has 12 rings (SSSR count). The average molecular weight is 808 g/mol. The van der Waals surface area contributed by atoms with E-state index in [4.69, 9.17) is 0 Å². The van der Waals surface area contributed by atoms with Crippen molar-refractivity contribution in [3.63, 3.8) is 0 Å². The number of rotatable bonds is 8. The fourth-order valence-electron chi connectivity index (χ4n) is 12.6. The molecule has 7 aromatic rings. The zero-order valence-electron chi connectivity index (χ0n) is 35.4. The predicted octanol–water partition coefficient (Wildman–Crippen LogP) is 15.1. The molecule has 5 atom stereocenters. The second-order valence-corrected chi connectivity index (χ2v) is 17.8. The second-order valence-electron chi connectivity index (χ2n) is 17.8. The SMILES string of the molecule is C1=CCC2C(=C1)C1=CC=CC3C1[C@@]2(c1ccccc1)c1ccccc1[C@]3(c1ccccc1)c1ccccc1N(C1=CC=C(c2ccccc2)CC1)c1ccc(-c2ccccc2)cc1. The van der Waals surface area contributed by atoms with Crippen LogP contribution < -0.4 is 4.90 Å². The van der Waals surface area contributed by atoms with Crippen molar-refractivity contribution in [2.24, 2.45) is 17.8 Å². The Kier molecular flexibility index (Phi) is 9.11. The molecule has 0 aliphatic heterocycles. The molecule has 0 amide bonds. The average Bonchev–Trinajstić information content (AvgIpc) is 3.68. The van der Waals surface area contributed by atoms with E-state index in [1.54, 1.807) is 0 Å². The standard InChI is InChI=1S/C62H49N/c1-5-20-44(21-6-1)46-36-40-50(41-37-46)63(51-42-38-47(39-43-51)45-22-7-2-8-23-45)59-35-18-17-33-57(59)61(48-24-9-3-10-25-48)55-31-15-16-32-56(55)62(49-26-11-4-12-27-49)54-30-14-13-28-52(54)53-29-19-34-58(61)60(53)62/h1-29,31-38,40-42,54,58,60H,30,39,43H2/t54?,58?,60?,61-,62-/m1/s1. The number of allylic oxidation sites excluding steroid dienone is 12. The van der Waals surface area contributed by atoms with E-state index in [-0.39, 0.29) is 17.3 Å². The Hall–Kier alpha value is -7.22. The third kappa shape index (κ3) is 5.69. The van der Waals surface area contributed by atoms with E-state index in [1.807, 2.05) is 0 Å². The lowest BCUT2D eigenvalue weighted by Crippen LogP contribution is -2.55. The molecular weight excluding hydrogens is 759 g/mol. The van der Waals surface area contributed by atoms with Gasteiger partial charge in [-0.2, -0.15) is 0 Å². The van der Waals surface area contributed by atoms with Crippen LogP contribution in [0.3, 0.4) is 0 Å². The van der Waals surface area contributed by atoms with Gasteiger partial charge >= 0.3 is 0 Å². The molecule has 1 saturated carbocycles. The van der Waals surface area contributed by atoms with Crippen molar-refractivity contribution in [1.82, 2.24) is 0 Å². The van der Waals surface area contributed by atoms with Crippen molar-refractivity contribution in [2.45, 2.75) is 30.1 Å². The summed E-state index contributed by atoms with van der Waals surface area (Å²) in [5, 5.41) is 0. The van der Waals surface area contributed by atoms with Gasteiger partial charge in [-0.25, -0.2) is 0 Å². The molecule has 302 valence electrons. The molecule has 1 nitrogen and oxygen atoms in total. The number of para-hydroxylation sites is 1. The molecule has 0 saturated heterocycles. The number of benzene rings is 7. The van der Waals surface area contributed by atoms with E-state index in [2.05, 4.69) is 248 Å². The minimum Gasteiger partial charge on any atom is -0.314 e. The lowest BCUT2D eigenvalue weighted by atomic mass is 9.44. The highest BCUT2D eigenvalue weighted by atomic mass is 15.2. The van der Waals surface area contributed by atoms with Crippen LogP contribution in [-0.2, 0) is 10.8 Å². The van der Waals surface area contributed by atoms with Gasteiger partial charge in [0.05, 0.1) is 11.1 Å². The largest absolute Gasteiger partial charge is 0.314 e. The van der Waals surface area contributed by atoms with Gasteiger partial charge in [0.1, 0.15) is 0 Å². The molecule has 0 radical (unpaired) electrons. The van der Waals surface area contributed by atoms with Crippen molar-refractivity contribution in [3.05, 3.63) is 293 Å². The Morgan fingerprint density at radius 1 is 0.444 bits per heavy atom.